The van der Waals surface area contributed by atoms with Crippen LogP contribution in [0.4, 0.5) is 0 Å². The predicted octanol–water partition coefficient (Wildman–Crippen LogP) is 3.42. The van der Waals surface area contributed by atoms with Crippen LogP contribution in [-0.4, -0.2) is 71.5 Å². The number of carbonyl (C=O) groups excluding carboxylic acids is 4. The molecular weight excluding hydrogens is 713 g/mol. The summed E-state index contributed by atoms with van der Waals surface area (Å²) in [5, 5.41) is 12.3. The Kier molecular flexibility index (Phi) is 14.9. The van der Waals surface area contributed by atoms with Crippen molar-refractivity contribution in [2.45, 2.75) is 50.2 Å². The molecule has 3 atom stereocenters. The first-order chi connectivity index (χ1) is 26.7. The van der Waals surface area contributed by atoms with E-state index < -0.39 is 29.9 Å². The first kappa shape index (κ1) is 40.1. The highest BCUT2D eigenvalue weighted by Crippen LogP contribution is 2.21. The number of hydrogen-bond acceptors (Lipinski definition) is 6. The van der Waals surface area contributed by atoms with E-state index in [0.29, 0.717) is 19.4 Å². The van der Waals surface area contributed by atoms with Crippen molar-refractivity contribution in [3.05, 3.63) is 132 Å². The Labute approximate surface area is 326 Å². The Bertz CT molecular complexity index is 2050. The van der Waals surface area contributed by atoms with Crippen molar-refractivity contribution in [2.75, 3.05) is 18.8 Å². The predicted molar refractivity (Wildman–Crippen MR) is 220 cm³/mol. The van der Waals surface area contributed by atoms with Gasteiger partial charge >= 0.3 is 0 Å². The van der Waals surface area contributed by atoms with Gasteiger partial charge in [-0.05, 0) is 53.1 Å². The number of H-pyrrole nitrogens is 1. The Morgan fingerprint density at radius 3 is 2.04 bits per heavy atom. The summed E-state index contributed by atoms with van der Waals surface area (Å²) in [4.78, 5) is 61.6. The van der Waals surface area contributed by atoms with Crippen LogP contribution in [0.2, 0.25) is 0 Å². The Balaban J connectivity index is 1.26. The Morgan fingerprint density at radius 1 is 0.691 bits per heavy atom. The van der Waals surface area contributed by atoms with Crippen LogP contribution in [0.5, 0.6) is 0 Å². The molecule has 9 N–H and O–H groups in total. The van der Waals surface area contributed by atoms with Gasteiger partial charge < -0.3 is 37.7 Å². The topological polar surface area (TPSA) is 197 Å². The molecule has 5 rings (SSSR count). The summed E-state index contributed by atoms with van der Waals surface area (Å²) in [5.41, 5.74) is 16.7. The van der Waals surface area contributed by atoms with Crippen molar-refractivity contribution in [1.82, 2.24) is 26.3 Å². The molecule has 0 saturated heterocycles. The van der Waals surface area contributed by atoms with Crippen LogP contribution in [-0.2, 0) is 38.4 Å². The summed E-state index contributed by atoms with van der Waals surface area (Å²) in [6.45, 7) is 0.582. The van der Waals surface area contributed by atoms with Crippen molar-refractivity contribution < 1.29 is 19.2 Å². The largest absolute Gasteiger partial charge is 0.370 e. The second-order valence-corrected chi connectivity index (χ2v) is 13.6. The van der Waals surface area contributed by atoms with Crippen LogP contribution in [0.3, 0.4) is 0 Å². The number of aromatic amines is 1. The normalized spacial score (nSPS) is 12.5. The lowest BCUT2D eigenvalue weighted by atomic mass is 10.0. The Hall–Kier alpha value is -6.08. The smallest absolute Gasteiger partial charge is 0.244 e. The number of amides is 4. The molecule has 0 radical (unpaired) electrons. The number of hydrogen-bond donors (Lipinski definition) is 8. The van der Waals surface area contributed by atoms with Gasteiger partial charge in [-0.2, -0.15) is 12.6 Å². The zero-order valence-corrected chi connectivity index (χ0v) is 31.4. The van der Waals surface area contributed by atoms with Crippen molar-refractivity contribution in [3.63, 3.8) is 0 Å². The zero-order valence-electron chi connectivity index (χ0n) is 30.5. The molecule has 0 spiro atoms. The fraction of sp³-hybridized carbons (Fsp3) is 0.262. The van der Waals surface area contributed by atoms with Crippen LogP contribution < -0.4 is 32.7 Å². The first-order valence-corrected chi connectivity index (χ1v) is 18.9. The lowest BCUT2D eigenvalue weighted by Crippen LogP contribution is -2.57. The molecule has 0 unspecified atom stereocenters. The number of rotatable bonds is 19. The van der Waals surface area contributed by atoms with Gasteiger partial charge in [0.05, 0.1) is 6.42 Å². The SMILES string of the molecule is NC(N)=NCCC[C@@H](NC(=O)[C@H](CS)NC(=O)Cc1ccc(-c2ccccc2)cc1)C(=O)N[C@@H](Cc1c[nH]c2ccccc12)C(=O)NCCc1ccccc1. The monoisotopic (exact) mass is 760 g/mol. The number of guanidine groups is 1. The minimum atomic E-state index is -1.07. The second kappa shape index (κ2) is 20.4. The van der Waals surface area contributed by atoms with Crippen molar-refractivity contribution in [2.24, 2.45) is 16.5 Å². The van der Waals surface area contributed by atoms with Gasteiger partial charge in [0, 0.05) is 42.4 Å². The van der Waals surface area contributed by atoms with E-state index in [9.17, 15) is 19.2 Å². The number of fused-ring (bicyclic) bond motifs is 1. The standard InChI is InChI=1S/C42H48N8O4S/c43-42(44)46-22-9-16-35(49-41(54)37(27-55)48-38(51)24-29-17-19-31(20-18-29)30-12-5-2-6-13-30)40(53)50-36(25-32-26-47-34-15-8-7-14-33(32)34)39(52)45-23-21-28-10-3-1-4-11-28/h1-8,10-15,17-20,26,35-37,47,55H,9,16,21-25,27H2,(H,45,52)(H,48,51)(H,49,54)(H,50,53)(H4,43,44,46)/t35-,36+,37+/m1/s1. The third kappa shape index (κ3) is 12.2. The number of carbonyl (C=O) groups is 4. The highest BCUT2D eigenvalue weighted by atomic mass is 32.1. The summed E-state index contributed by atoms with van der Waals surface area (Å²) >= 11 is 4.33. The molecule has 4 amide bonds. The lowest BCUT2D eigenvalue weighted by molar-refractivity contribution is -0.133. The number of para-hydroxylation sites is 1. The summed E-state index contributed by atoms with van der Waals surface area (Å²) in [5.74, 6) is -2.00. The van der Waals surface area contributed by atoms with E-state index in [4.69, 9.17) is 11.5 Å². The molecule has 286 valence electrons. The number of thiol groups is 1. The van der Waals surface area contributed by atoms with Gasteiger partial charge in [0.2, 0.25) is 23.6 Å². The number of benzene rings is 4. The fourth-order valence-corrected chi connectivity index (χ4v) is 6.47. The summed E-state index contributed by atoms with van der Waals surface area (Å²) < 4.78 is 0. The minimum absolute atomic E-state index is 0.0140. The van der Waals surface area contributed by atoms with Crippen molar-refractivity contribution in [3.8, 4) is 11.1 Å². The van der Waals surface area contributed by atoms with E-state index in [0.717, 1.165) is 38.7 Å². The van der Waals surface area contributed by atoms with E-state index >= 15 is 0 Å². The van der Waals surface area contributed by atoms with Gasteiger partial charge in [-0.1, -0.05) is 103 Å². The van der Waals surface area contributed by atoms with Gasteiger partial charge in [0.1, 0.15) is 18.1 Å². The van der Waals surface area contributed by atoms with Gasteiger partial charge in [-0.3, -0.25) is 24.2 Å². The van der Waals surface area contributed by atoms with Gasteiger partial charge in [0.25, 0.3) is 0 Å². The number of nitrogens with one attached hydrogen (secondary N) is 5. The highest BCUT2D eigenvalue weighted by Gasteiger charge is 2.30. The molecular formula is C42H48N8O4S. The third-order valence-electron chi connectivity index (χ3n) is 9.13. The average Bonchev–Trinajstić information content (AvgIpc) is 3.61. The third-order valence-corrected chi connectivity index (χ3v) is 9.49. The molecule has 1 heterocycles. The molecule has 0 saturated carbocycles. The summed E-state index contributed by atoms with van der Waals surface area (Å²) in [6, 6.07) is 32.0. The number of nitrogens with two attached hydrogens (primary N) is 2. The van der Waals surface area contributed by atoms with Gasteiger partial charge in [-0.25, -0.2) is 0 Å². The highest BCUT2D eigenvalue weighted by molar-refractivity contribution is 7.80. The molecule has 13 heteroatoms. The fourth-order valence-electron chi connectivity index (χ4n) is 6.22. The maximum atomic E-state index is 14.0. The van der Waals surface area contributed by atoms with Crippen LogP contribution in [0.1, 0.15) is 29.5 Å². The minimum Gasteiger partial charge on any atom is -0.370 e. The molecule has 0 bridgehead atoms. The molecule has 0 aliphatic heterocycles. The average molecular weight is 761 g/mol. The quantitative estimate of drug-likeness (QED) is 0.0275. The van der Waals surface area contributed by atoms with Crippen LogP contribution in [0.15, 0.2) is 120 Å². The molecule has 4 aromatic carbocycles. The maximum absolute atomic E-state index is 14.0. The maximum Gasteiger partial charge on any atom is 0.244 e. The zero-order chi connectivity index (χ0) is 39.0. The van der Waals surface area contributed by atoms with Gasteiger partial charge in [0.15, 0.2) is 5.96 Å². The van der Waals surface area contributed by atoms with Gasteiger partial charge in [-0.15, -0.1) is 0 Å². The number of aliphatic imine (C=N–C) groups is 1. The number of nitrogens with zero attached hydrogens (tertiary/aromatic N) is 1. The van der Waals surface area contributed by atoms with Crippen molar-refractivity contribution >= 4 is 53.1 Å². The van der Waals surface area contributed by atoms with E-state index in [1.165, 1.54) is 0 Å². The van der Waals surface area contributed by atoms with Crippen LogP contribution in [0, 0.1) is 0 Å². The summed E-state index contributed by atoms with van der Waals surface area (Å²) in [6.07, 6.45) is 3.19. The molecule has 0 aliphatic carbocycles. The van der Waals surface area contributed by atoms with Crippen LogP contribution in [0.25, 0.3) is 22.0 Å². The molecule has 5 aromatic rings. The molecule has 0 fully saturated rings. The van der Waals surface area contributed by atoms with E-state index in [2.05, 4.69) is 43.9 Å². The molecule has 0 aliphatic rings. The second-order valence-electron chi connectivity index (χ2n) is 13.2. The first-order valence-electron chi connectivity index (χ1n) is 18.3. The molecule has 55 heavy (non-hydrogen) atoms. The van der Waals surface area contributed by atoms with E-state index in [-0.39, 0.29) is 49.3 Å². The summed E-state index contributed by atoms with van der Waals surface area (Å²) in [7, 11) is 0. The number of aromatic nitrogens is 1. The van der Waals surface area contributed by atoms with E-state index in [1.54, 1.807) is 0 Å². The lowest BCUT2D eigenvalue weighted by Gasteiger charge is -2.25. The Morgan fingerprint density at radius 2 is 1.33 bits per heavy atom. The van der Waals surface area contributed by atoms with E-state index in [1.807, 2.05) is 115 Å². The molecule has 1 aromatic heterocycles. The molecule has 12 nitrogen and oxygen atoms in total. The van der Waals surface area contributed by atoms with Crippen molar-refractivity contribution in [1.29, 1.82) is 0 Å². The van der Waals surface area contributed by atoms with Crippen LogP contribution >= 0.6 is 12.6 Å².